The van der Waals surface area contributed by atoms with Crippen LogP contribution in [0.2, 0.25) is 0 Å². The predicted molar refractivity (Wildman–Crippen MR) is 76.5 cm³/mol. The fourth-order valence-electron chi connectivity index (χ4n) is 1.65. The molecule has 0 aromatic carbocycles. The van der Waals surface area contributed by atoms with Gasteiger partial charge in [-0.3, -0.25) is 14.9 Å². The van der Waals surface area contributed by atoms with Gasteiger partial charge in [-0.25, -0.2) is 0 Å². The molecule has 0 fully saturated rings. The van der Waals surface area contributed by atoms with E-state index in [1.54, 1.807) is 0 Å². The van der Waals surface area contributed by atoms with E-state index in [1.807, 2.05) is 13.8 Å². The van der Waals surface area contributed by atoms with Gasteiger partial charge in [-0.1, -0.05) is 0 Å². The van der Waals surface area contributed by atoms with Crippen molar-refractivity contribution < 1.29 is 32.3 Å². The minimum Gasteiger partial charge on any atom is -0.469 e. The molecule has 0 aliphatic heterocycles. The smallest absolute Gasteiger partial charge is 0.469 e. The summed E-state index contributed by atoms with van der Waals surface area (Å²) in [6.45, 7) is 4.49. The van der Waals surface area contributed by atoms with Gasteiger partial charge in [-0.05, 0) is 13.8 Å². The summed E-state index contributed by atoms with van der Waals surface area (Å²) in [6, 6.07) is -0.842. The minimum absolute atomic E-state index is 0.143. The SMILES string of the molecule is CCO[Si](CNC(CC(=O)OC)C(=O)OC)(OC)OCC. The number of carbonyl (C=O) groups is 2. The van der Waals surface area contributed by atoms with Crippen molar-refractivity contribution >= 4 is 20.7 Å². The van der Waals surface area contributed by atoms with E-state index in [2.05, 4.69) is 14.8 Å². The molecule has 1 unspecified atom stereocenters. The molecule has 124 valence electrons. The second-order valence-electron chi connectivity index (χ2n) is 3.99. The maximum atomic E-state index is 11.7. The second kappa shape index (κ2) is 10.7. The molecule has 0 aliphatic rings. The number of ether oxygens (including phenoxy) is 2. The summed E-state index contributed by atoms with van der Waals surface area (Å²) in [4.78, 5) is 23.0. The van der Waals surface area contributed by atoms with E-state index in [0.717, 1.165) is 0 Å². The number of rotatable bonds is 11. The summed E-state index contributed by atoms with van der Waals surface area (Å²) in [5.74, 6) is -1.08. The normalized spacial score (nSPS) is 12.8. The molecule has 21 heavy (non-hydrogen) atoms. The molecule has 9 heteroatoms. The van der Waals surface area contributed by atoms with Gasteiger partial charge in [-0.2, -0.15) is 0 Å². The van der Waals surface area contributed by atoms with E-state index in [9.17, 15) is 9.59 Å². The maximum absolute atomic E-state index is 11.7. The molecule has 0 spiro atoms. The Bertz CT molecular complexity index is 321. The lowest BCUT2D eigenvalue weighted by Crippen LogP contribution is -2.57. The van der Waals surface area contributed by atoms with Gasteiger partial charge >= 0.3 is 20.7 Å². The van der Waals surface area contributed by atoms with Crippen LogP contribution in [0.15, 0.2) is 0 Å². The molecule has 0 aromatic heterocycles. The molecule has 0 amide bonds. The van der Waals surface area contributed by atoms with Crippen LogP contribution in [0.1, 0.15) is 20.3 Å². The van der Waals surface area contributed by atoms with Crippen LogP contribution in [0.25, 0.3) is 0 Å². The monoisotopic (exact) mass is 323 g/mol. The summed E-state index contributed by atoms with van der Waals surface area (Å²) in [7, 11) is 1.08. The van der Waals surface area contributed by atoms with Crippen LogP contribution < -0.4 is 5.32 Å². The molecule has 0 rings (SSSR count). The topological polar surface area (TPSA) is 92.3 Å². The molecule has 1 atom stereocenters. The highest BCUT2D eigenvalue weighted by atomic mass is 28.4. The maximum Gasteiger partial charge on any atom is 0.515 e. The lowest BCUT2D eigenvalue weighted by molar-refractivity contribution is -0.149. The Labute approximate surface area is 126 Å². The van der Waals surface area contributed by atoms with Gasteiger partial charge in [-0.15, -0.1) is 0 Å². The van der Waals surface area contributed by atoms with Gasteiger partial charge in [0.2, 0.25) is 0 Å². The van der Waals surface area contributed by atoms with E-state index in [0.29, 0.717) is 13.2 Å². The zero-order valence-corrected chi connectivity index (χ0v) is 14.3. The molecule has 0 radical (unpaired) electrons. The summed E-state index contributed by atoms with van der Waals surface area (Å²) >= 11 is 0. The van der Waals surface area contributed by atoms with E-state index < -0.39 is 26.8 Å². The highest BCUT2D eigenvalue weighted by Gasteiger charge is 2.41. The fraction of sp³-hybridized carbons (Fsp3) is 0.833. The predicted octanol–water partition coefficient (Wildman–Crippen LogP) is -0.122. The first-order valence-electron chi connectivity index (χ1n) is 6.69. The van der Waals surface area contributed by atoms with Crippen molar-refractivity contribution in [3.63, 3.8) is 0 Å². The fourth-order valence-corrected chi connectivity index (χ4v) is 3.70. The van der Waals surface area contributed by atoms with Gasteiger partial charge in [0.1, 0.15) is 6.04 Å². The van der Waals surface area contributed by atoms with E-state index in [1.165, 1.54) is 21.3 Å². The third-order valence-corrected chi connectivity index (χ3v) is 5.40. The molecule has 0 saturated carbocycles. The van der Waals surface area contributed by atoms with Crippen molar-refractivity contribution in [3.05, 3.63) is 0 Å². The Morgan fingerprint density at radius 3 is 2.00 bits per heavy atom. The van der Waals surface area contributed by atoms with Gasteiger partial charge < -0.3 is 22.8 Å². The summed E-state index contributed by atoms with van der Waals surface area (Å²) < 4.78 is 25.8. The van der Waals surface area contributed by atoms with Crippen LogP contribution in [0.3, 0.4) is 0 Å². The number of nitrogens with one attached hydrogen (secondary N) is 1. The van der Waals surface area contributed by atoms with Crippen molar-refractivity contribution in [2.45, 2.75) is 26.3 Å². The number of hydrogen-bond acceptors (Lipinski definition) is 8. The molecule has 1 N–H and O–H groups in total. The average molecular weight is 323 g/mol. The number of esters is 2. The highest BCUT2D eigenvalue weighted by molar-refractivity contribution is 6.60. The molecule has 0 saturated heterocycles. The molecule has 0 bridgehead atoms. The quantitative estimate of drug-likeness (QED) is 0.415. The van der Waals surface area contributed by atoms with Gasteiger partial charge in [0.15, 0.2) is 0 Å². The molecular formula is C12H25NO7Si. The average Bonchev–Trinajstić information content (AvgIpc) is 2.50. The van der Waals surface area contributed by atoms with Gasteiger partial charge in [0.25, 0.3) is 0 Å². The van der Waals surface area contributed by atoms with Crippen LogP contribution in [-0.4, -0.2) is 67.5 Å². The Hall–Kier alpha value is -1.00. The standard InChI is InChI=1S/C12H25NO7Si/c1-6-19-21(18-5,20-7-2)9-13-10(12(15)17-4)8-11(14)16-3/h10,13H,6-9H2,1-5H3. The third kappa shape index (κ3) is 7.00. The first-order valence-corrected chi connectivity index (χ1v) is 8.62. The van der Waals surface area contributed by atoms with E-state index in [4.69, 9.17) is 13.3 Å². The van der Waals surface area contributed by atoms with Gasteiger partial charge in [0, 0.05) is 20.3 Å². The van der Waals surface area contributed by atoms with Gasteiger partial charge in [0.05, 0.1) is 26.8 Å². The number of carbonyl (C=O) groups excluding carboxylic acids is 2. The third-order valence-electron chi connectivity index (χ3n) is 2.69. The summed E-state index contributed by atoms with van der Waals surface area (Å²) in [5, 5.41) is 2.91. The highest BCUT2D eigenvalue weighted by Crippen LogP contribution is 2.09. The van der Waals surface area contributed by atoms with Crippen LogP contribution in [-0.2, 0) is 32.3 Å². The largest absolute Gasteiger partial charge is 0.515 e. The zero-order chi connectivity index (χ0) is 16.3. The molecule has 0 aromatic rings. The molecular weight excluding hydrogens is 298 g/mol. The second-order valence-corrected chi connectivity index (χ2v) is 6.70. The molecule has 0 aliphatic carbocycles. The Balaban J connectivity index is 4.80. The van der Waals surface area contributed by atoms with Crippen LogP contribution >= 0.6 is 0 Å². The Morgan fingerprint density at radius 1 is 1.05 bits per heavy atom. The first kappa shape index (κ1) is 20.0. The summed E-state index contributed by atoms with van der Waals surface area (Å²) in [5.41, 5.74) is 0. The Kier molecular flexibility index (Phi) is 10.2. The lowest BCUT2D eigenvalue weighted by atomic mass is 10.2. The number of methoxy groups -OCH3 is 2. The minimum atomic E-state index is -2.92. The van der Waals surface area contributed by atoms with E-state index in [-0.39, 0.29) is 12.6 Å². The lowest BCUT2D eigenvalue weighted by Gasteiger charge is -2.28. The first-order chi connectivity index (χ1) is 9.98. The van der Waals surface area contributed by atoms with Crippen LogP contribution in [0.4, 0.5) is 0 Å². The van der Waals surface area contributed by atoms with Crippen molar-refractivity contribution in [1.29, 1.82) is 0 Å². The van der Waals surface area contributed by atoms with E-state index >= 15 is 0 Å². The van der Waals surface area contributed by atoms with Crippen molar-refractivity contribution in [3.8, 4) is 0 Å². The Morgan fingerprint density at radius 2 is 1.62 bits per heavy atom. The van der Waals surface area contributed by atoms with Crippen molar-refractivity contribution in [2.24, 2.45) is 0 Å². The van der Waals surface area contributed by atoms with Crippen molar-refractivity contribution in [2.75, 3.05) is 40.7 Å². The van der Waals surface area contributed by atoms with Crippen LogP contribution in [0.5, 0.6) is 0 Å². The number of hydrogen-bond donors (Lipinski definition) is 1. The van der Waals surface area contributed by atoms with Crippen LogP contribution in [0, 0.1) is 0 Å². The molecule has 8 nitrogen and oxygen atoms in total. The molecule has 0 heterocycles. The summed E-state index contributed by atoms with van der Waals surface area (Å²) in [6.07, 6.45) is 0.0392. The van der Waals surface area contributed by atoms with Crippen molar-refractivity contribution in [1.82, 2.24) is 5.32 Å². The zero-order valence-electron chi connectivity index (χ0n) is 13.3.